The minimum atomic E-state index is -0.581. The van der Waals surface area contributed by atoms with Gasteiger partial charge in [-0.1, -0.05) is 82.7 Å². The smallest absolute Gasteiger partial charge is 0.351 e. The molecule has 1 aliphatic rings. The molecule has 0 bridgehead atoms. The summed E-state index contributed by atoms with van der Waals surface area (Å²) >= 11 is 0. The summed E-state index contributed by atoms with van der Waals surface area (Å²) in [6.45, 7) is 3.50. The van der Waals surface area contributed by atoms with E-state index in [2.05, 4.69) is 22.7 Å². The molecule has 0 spiro atoms. The quantitative estimate of drug-likeness (QED) is 0.250. The van der Waals surface area contributed by atoms with Crippen LogP contribution in [0.4, 0.5) is 4.79 Å². The number of oxime groups is 1. The van der Waals surface area contributed by atoms with Gasteiger partial charge in [-0.3, -0.25) is 9.63 Å². The van der Waals surface area contributed by atoms with E-state index in [9.17, 15) is 9.59 Å². The average Bonchev–Trinajstić information content (AvgIpc) is 2.88. The molecule has 1 saturated heterocycles. The first-order valence-electron chi connectivity index (χ1n) is 11.0. The second-order valence-electron chi connectivity index (χ2n) is 7.45. The zero-order valence-electron chi connectivity index (χ0n) is 17.2. The third-order valence-electron chi connectivity index (χ3n) is 4.93. The third kappa shape index (κ3) is 13.3. The van der Waals surface area contributed by atoms with Crippen LogP contribution >= 0.6 is 0 Å². The minimum absolute atomic E-state index is 0.235. The van der Waals surface area contributed by atoms with Gasteiger partial charge in [-0.2, -0.15) is 0 Å². The highest BCUT2D eigenvalue weighted by Gasteiger charge is 2.15. The highest BCUT2D eigenvalue weighted by molar-refractivity contribution is 6.38. The Morgan fingerprint density at radius 1 is 0.963 bits per heavy atom. The van der Waals surface area contributed by atoms with Gasteiger partial charge < -0.3 is 10.6 Å². The van der Waals surface area contributed by atoms with Crippen LogP contribution < -0.4 is 10.6 Å². The van der Waals surface area contributed by atoms with Gasteiger partial charge in [0.1, 0.15) is 5.71 Å². The van der Waals surface area contributed by atoms with Crippen molar-refractivity contribution in [2.45, 2.75) is 103 Å². The van der Waals surface area contributed by atoms with Crippen LogP contribution in [0.1, 0.15) is 103 Å². The number of unbranched alkanes of at least 4 members (excludes halogenated alkanes) is 11. The lowest BCUT2D eigenvalue weighted by atomic mass is 10.1. The van der Waals surface area contributed by atoms with E-state index in [4.69, 9.17) is 4.84 Å². The molecule has 6 heteroatoms. The molecule has 1 aliphatic heterocycles. The zero-order valence-corrected chi connectivity index (χ0v) is 17.2. The Bertz CT molecular complexity index is 438. The Labute approximate surface area is 164 Å². The largest absolute Gasteiger partial charge is 0.433 e. The van der Waals surface area contributed by atoms with E-state index < -0.39 is 6.09 Å². The third-order valence-corrected chi connectivity index (χ3v) is 4.93. The maximum atomic E-state index is 11.7. The molecule has 0 aromatic carbocycles. The molecule has 1 fully saturated rings. The number of nitrogens with zero attached hydrogens (tertiary/aromatic N) is 1. The molecule has 2 N–H and O–H groups in total. The van der Waals surface area contributed by atoms with E-state index >= 15 is 0 Å². The topological polar surface area (TPSA) is 79.8 Å². The molecule has 0 unspecified atom stereocenters. The molecule has 1 rings (SSSR count). The number of hydrogen-bond acceptors (Lipinski definition) is 4. The normalized spacial score (nSPS) is 16.0. The Kier molecular flexibility index (Phi) is 14.4. The number of nitrogens with one attached hydrogen (secondary N) is 2. The molecule has 1 heterocycles. The van der Waals surface area contributed by atoms with Crippen LogP contribution in [0.25, 0.3) is 0 Å². The number of carbonyl (C=O) groups excluding carboxylic acids is 2. The lowest BCUT2D eigenvalue weighted by molar-refractivity contribution is -0.114. The Morgan fingerprint density at radius 2 is 1.56 bits per heavy atom. The molecule has 0 aromatic rings. The van der Waals surface area contributed by atoms with E-state index in [0.29, 0.717) is 25.2 Å². The standard InChI is InChI=1S/C21H39N3O3/c1-2-3-4-5-6-7-8-9-10-11-12-14-18-23-21(26)27-24-19-16-13-15-17-22-20(19)25/h2-18H2,1H3,(H,22,25)(H,23,26). The summed E-state index contributed by atoms with van der Waals surface area (Å²) in [7, 11) is 0. The van der Waals surface area contributed by atoms with Gasteiger partial charge in [0.05, 0.1) is 0 Å². The SMILES string of the molecule is CCCCCCCCCCCCCCNC(=O)ON=C1CCCCNC1=O. The van der Waals surface area contributed by atoms with Crippen LogP contribution in [0, 0.1) is 0 Å². The summed E-state index contributed by atoms with van der Waals surface area (Å²) in [5, 5.41) is 9.12. The molecule has 0 aromatic heterocycles. The van der Waals surface area contributed by atoms with Gasteiger partial charge in [0.2, 0.25) is 0 Å². The fraction of sp³-hybridized carbons (Fsp3) is 0.857. The highest BCUT2D eigenvalue weighted by Crippen LogP contribution is 2.11. The number of rotatable bonds is 14. The first kappa shape index (κ1) is 23.4. The molecule has 0 saturated carbocycles. The van der Waals surface area contributed by atoms with E-state index in [1.807, 2.05) is 0 Å². The summed E-state index contributed by atoms with van der Waals surface area (Å²) < 4.78 is 0. The fourth-order valence-corrected chi connectivity index (χ4v) is 3.21. The van der Waals surface area contributed by atoms with Crippen molar-refractivity contribution in [3.05, 3.63) is 0 Å². The Hall–Kier alpha value is -1.59. The van der Waals surface area contributed by atoms with Gasteiger partial charge in [0, 0.05) is 13.1 Å². The minimum Gasteiger partial charge on any atom is -0.351 e. The lowest BCUT2D eigenvalue weighted by Gasteiger charge is -2.05. The maximum Gasteiger partial charge on any atom is 0.433 e. The molecular weight excluding hydrogens is 342 g/mol. The molecule has 156 valence electrons. The summed E-state index contributed by atoms with van der Waals surface area (Å²) in [6, 6.07) is 0. The van der Waals surface area contributed by atoms with Crippen molar-refractivity contribution in [2.24, 2.45) is 5.16 Å². The number of carbonyl (C=O) groups is 2. The summed E-state index contributed by atoms with van der Waals surface area (Å²) in [5.74, 6) is -0.235. The van der Waals surface area contributed by atoms with Crippen LogP contribution in [-0.4, -0.2) is 30.8 Å². The van der Waals surface area contributed by atoms with Crippen molar-refractivity contribution >= 4 is 17.7 Å². The predicted octanol–water partition coefficient (Wildman–Crippen LogP) is 5.07. The fourth-order valence-electron chi connectivity index (χ4n) is 3.21. The lowest BCUT2D eigenvalue weighted by Crippen LogP contribution is -2.30. The van der Waals surface area contributed by atoms with Crippen molar-refractivity contribution in [1.82, 2.24) is 10.6 Å². The second kappa shape index (κ2) is 16.6. The van der Waals surface area contributed by atoms with Gasteiger partial charge in [-0.05, 0) is 25.7 Å². The Balaban J connectivity index is 1.90. The second-order valence-corrected chi connectivity index (χ2v) is 7.45. The van der Waals surface area contributed by atoms with E-state index in [-0.39, 0.29) is 5.91 Å². The van der Waals surface area contributed by atoms with Crippen LogP contribution in [0.2, 0.25) is 0 Å². The number of hydrogen-bond donors (Lipinski definition) is 2. The van der Waals surface area contributed by atoms with Crippen molar-refractivity contribution in [1.29, 1.82) is 0 Å². The van der Waals surface area contributed by atoms with Crippen molar-refractivity contribution in [2.75, 3.05) is 13.1 Å². The van der Waals surface area contributed by atoms with E-state index in [1.165, 1.54) is 64.2 Å². The van der Waals surface area contributed by atoms with Gasteiger partial charge in [0.15, 0.2) is 0 Å². The van der Waals surface area contributed by atoms with Crippen LogP contribution in [-0.2, 0) is 9.63 Å². The molecular formula is C21H39N3O3. The molecule has 6 nitrogen and oxygen atoms in total. The molecule has 2 amide bonds. The summed E-state index contributed by atoms with van der Waals surface area (Å²) in [4.78, 5) is 28.1. The molecule has 27 heavy (non-hydrogen) atoms. The maximum absolute atomic E-state index is 11.7. The first-order chi connectivity index (χ1) is 13.2. The zero-order chi connectivity index (χ0) is 19.6. The monoisotopic (exact) mass is 381 g/mol. The molecule has 0 radical (unpaired) electrons. The molecule has 0 aliphatic carbocycles. The first-order valence-corrected chi connectivity index (χ1v) is 11.0. The van der Waals surface area contributed by atoms with Crippen molar-refractivity contribution in [3.63, 3.8) is 0 Å². The van der Waals surface area contributed by atoms with E-state index in [0.717, 1.165) is 25.7 Å². The summed E-state index contributed by atoms with van der Waals surface area (Å²) in [5.41, 5.74) is 0.299. The molecule has 0 atom stereocenters. The predicted molar refractivity (Wildman–Crippen MR) is 110 cm³/mol. The number of amides is 2. The van der Waals surface area contributed by atoms with Crippen LogP contribution in [0.15, 0.2) is 5.16 Å². The van der Waals surface area contributed by atoms with Gasteiger partial charge in [0.25, 0.3) is 5.91 Å². The average molecular weight is 382 g/mol. The van der Waals surface area contributed by atoms with E-state index in [1.54, 1.807) is 0 Å². The summed E-state index contributed by atoms with van der Waals surface area (Å²) in [6.07, 6.45) is 17.3. The highest BCUT2D eigenvalue weighted by atomic mass is 16.7. The van der Waals surface area contributed by atoms with Gasteiger partial charge in [-0.25, -0.2) is 4.79 Å². The van der Waals surface area contributed by atoms with Gasteiger partial charge in [-0.15, -0.1) is 0 Å². The Morgan fingerprint density at radius 3 is 2.19 bits per heavy atom. The van der Waals surface area contributed by atoms with Gasteiger partial charge >= 0.3 is 6.09 Å². The van der Waals surface area contributed by atoms with Crippen molar-refractivity contribution in [3.8, 4) is 0 Å². The van der Waals surface area contributed by atoms with Crippen molar-refractivity contribution < 1.29 is 14.4 Å². The van der Waals surface area contributed by atoms with Crippen LogP contribution in [0.5, 0.6) is 0 Å². The van der Waals surface area contributed by atoms with Crippen LogP contribution in [0.3, 0.4) is 0 Å².